The zero-order valence-corrected chi connectivity index (χ0v) is 24.6. The third-order valence-corrected chi connectivity index (χ3v) is 8.18. The van der Waals surface area contributed by atoms with Crippen molar-refractivity contribution in [3.05, 3.63) is 55.0 Å². The lowest BCUT2D eigenvalue weighted by Gasteiger charge is -2.34. The largest absolute Gasteiger partial charge is 0.467 e. The summed E-state index contributed by atoms with van der Waals surface area (Å²) in [5, 5.41) is 13.0. The zero-order valence-electron chi connectivity index (χ0n) is 23.8. The first kappa shape index (κ1) is 31.4. The topological polar surface area (TPSA) is 186 Å². The van der Waals surface area contributed by atoms with E-state index in [1.807, 2.05) is 0 Å². The summed E-state index contributed by atoms with van der Waals surface area (Å²) in [7, 11) is -2.30. The van der Waals surface area contributed by atoms with E-state index in [1.54, 1.807) is 0 Å². The number of methoxy groups -OCH3 is 1. The number of halogens is 3. The summed E-state index contributed by atoms with van der Waals surface area (Å²) >= 11 is 0. The van der Waals surface area contributed by atoms with Crippen LogP contribution in [0.2, 0.25) is 0 Å². The van der Waals surface area contributed by atoms with Crippen molar-refractivity contribution in [1.82, 2.24) is 34.9 Å². The summed E-state index contributed by atoms with van der Waals surface area (Å²) in [4.78, 5) is 41.5. The van der Waals surface area contributed by atoms with Crippen molar-refractivity contribution in [2.24, 2.45) is 0 Å². The van der Waals surface area contributed by atoms with Gasteiger partial charge in [-0.1, -0.05) is 0 Å². The molecule has 1 aliphatic rings. The molecule has 0 aliphatic heterocycles. The molecule has 0 aromatic carbocycles. The molecule has 45 heavy (non-hydrogen) atoms. The van der Waals surface area contributed by atoms with E-state index in [1.165, 1.54) is 31.9 Å². The first-order valence-corrected chi connectivity index (χ1v) is 15.3. The van der Waals surface area contributed by atoms with E-state index in [0.29, 0.717) is 43.1 Å². The number of hydrogen-bond acceptors (Lipinski definition) is 12. The van der Waals surface area contributed by atoms with E-state index in [-0.39, 0.29) is 34.3 Å². The lowest BCUT2D eigenvalue weighted by atomic mass is 9.90. The predicted octanol–water partition coefficient (Wildman–Crippen LogP) is 4.12. The molecule has 1 amide bonds. The Morgan fingerprint density at radius 1 is 0.956 bits per heavy atom. The molecule has 1 fully saturated rings. The van der Waals surface area contributed by atoms with Crippen LogP contribution < -0.4 is 15.0 Å². The summed E-state index contributed by atoms with van der Waals surface area (Å²) in [5.41, 5.74) is -0.797. The molecule has 0 spiro atoms. The van der Waals surface area contributed by atoms with Gasteiger partial charge < -0.3 is 15.2 Å². The molecule has 236 valence electrons. The first-order chi connectivity index (χ1) is 21.3. The number of carbonyl (C=O) groups is 1. The number of sulfone groups is 1. The Balaban J connectivity index is 1.30. The Morgan fingerprint density at radius 3 is 2.24 bits per heavy atom. The minimum atomic E-state index is -4.81. The fraction of sp³-hybridized carbons (Fsp3) is 0.333. The predicted molar refractivity (Wildman–Crippen MR) is 153 cm³/mol. The normalized spacial score (nSPS) is 17.0. The number of amides is 1. The van der Waals surface area contributed by atoms with Crippen LogP contribution in [0.1, 0.15) is 31.2 Å². The molecule has 1 saturated carbocycles. The maximum absolute atomic E-state index is 13.8. The Kier molecular flexibility index (Phi) is 8.76. The van der Waals surface area contributed by atoms with Gasteiger partial charge in [0.2, 0.25) is 5.95 Å². The van der Waals surface area contributed by atoms with Crippen LogP contribution in [0.25, 0.3) is 22.5 Å². The number of aromatic nitrogens is 7. The highest BCUT2D eigenvalue weighted by atomic mass is 32.2. The van der Waals surface area contributed by atoms with Crippen LogP contribution in [0.3, 0.4) is 0 Å². The van der Waals surface area contributed by atoms with E-state index in [0.717, 1.165) is 29.6 Å². The maximum Gasteiger partial charge on any atom is 0.419 e. The van der Waals surface area contributed by atoms with Crippen LogP contribution in [0.5, 0.6) is 6.01 Å². The number of alkyl halides is 3. The smallest absolute Gasteiger partial charge is 0.419 e. The minimum Gasteiger partial charge on any atom is -0.467 e. The van der Waals surface area contributed by atoms with E-state index < -0.39 is 39.4 Å². The van der Waals surface area contributed by atoms with Crippen LogP contribution in [-0.2, 0) is 16.0 Å². The number of pyridine rings is 1. The molecule has 5 rings (SSSR count). The fourth-order valence-corrected chi connectivity index (χ4v) is 5.47. The average Bonchev–Trinajstić information content (AvgIpc) is 3.01. The molecule has 1 aliphatic carbocycles. The Hall–Kier alpha value is -5.00. The second kappa shape index (κ2) is 12.5. The minimum absolute atomic E-state index is 0.0923. The fourth-order valence-electron chi connectivity index (χ4n) is 4.88. The standard InChI is InChI=1S/C27H26F3N9O5S/c1-44-25-35-9-16(10-36-25)21-13-33-22(14-32-21)39(26(40)41)18-5-3-17(4-6-18)37-24-34-12-20(27(28,29)30)23(38-24)15-7-19(11-31-8-15)45(2,42)43/h7-14,17-18H,3-6H2,1-2H3,(H,40,41)(H,34,37,38)/t17-,18-. The molecule has 14 nitrogen and oxygen atoms in total. The van der Waals surface area contributed by atoms with Crippen LogP contribution in [0.15, 0.2) is 54.3 Å². The van der Waals surface area contributed by atoms with Crippen LogP contribution in [0, 0.1) is 0 Å². The summed E-state index contributed by atoms with van der Waals surface area (Å²) in [6.07, 6.45) is 5.19. The van der Waals surface area contributed by atoms with Crippen molar-refractivity contribution in [3.63, 3.8) is 0 Å². The third kappa shape index (κ3) is 7.22. The summed E-state index contributed by atoms with van der Waals surface area (Å²) in [5.74, 6) is 0.0444. The SMILES string of the molecule is COc1ncc(-c2cnc(N(C(=O)O)[C@H]3CC[C@H](Nc4ncc(C(F)(F)F)c(-c5cncc(S(C)(=O)=O)c5)n4)CC3)cn2)cn1. The van der Waals surface area contributed by atoms with Gasteiger partial charge in [0.1, 0.15) is 5.56 Å². The van der Waals surface area contributed by atoms with Crippen molar-refractivity contribution in [1.29, 1.82) is 0 Å². The van der Waals surface area contributed by atoms with E-state index in [9.17, 15) is 31.5 Å². The van der Waals surface area contributed by atoms with Crippen LogP contribution >= 0.6 is 0 Å². The summed E-state index contributed by atoms with van der Waals surface area (Å²) in [6.45, 7) is 0. The van der Waals surface area contributed by atoms with Crippen molar-refractivity contribution in [3.8, 4) is 28.5 Å². The molecule has 4 heterocycles. The zero-order chi connectivity index (χ0) is 32.4. The Labute approximate surface area is 254 Å². The number of hydrogen-bond donors (Lipinski definition) is 2. The van der Waals surface area contributed by atoms with Crippen LogP contribution in [0.4, 0.5) is 29.7 Å². The van der Waals surface area contributed by atoms with Crippen molar-refractivity contribution in [2.45, 2.75) is 48.8 Å². The number of nitrogens with zero attached hydrogens (tertiary/aromatic N) is 8. The lowest BCUT2D eigenvalue weighted by molar-refractivity contribution is -0.137. The molecule has 4 aromatic rings. The maximum atomic E-state index is 13.8. The third-order valence-electron chi connectivity index (χ3n) is 7.10. The van der Waals surface area contributed by atoms with E-state index in [4.69, 9.17) is 4.74 Å². The van der Waals surface area contributed by atoms with Gasteiger partial charge in [0.05, 0.1) is 35.8 Å². The molecule has 0 atom stereocenters. The van der Waals surface area contributed by atoms with Gasteiger partial charge in [-0.05, 0) is 31.7 Å². The summed E-state index contributed by atoms with van der Waals surface area (Å²) < 4.78 is 70.3. The highest BCUT2D eigenvalue weighted by molar-refractivity contribution is 7.90. The molecule has 4 aromatic heterocycles. The molecular formula is C27H26F3N9O5S. The second-order valence-corrected chi connectivity index (χ2v) is 12.2. The van der Waals surface area contributed by atoms with Crippen LogP contribution in [-0.4, -0.2) is 80.0 Å². The number of rotatable bonds is 8. The van der Waals surface area contributed by atoms with Gasteiger partial charge in [0.15, 0.2) is 15.7 Å². The average molecular weight is 646 g/mol. The lowest BCUT2D eigenvalue weighted by Crippen LogP contribution is -2.44. The van der Waals surface area contributed by atoms with Gasteiger partial charge in [-0.3, -0.25) is 14.9 Å². The number of nitrogens with one attached hydrogen (secondary N) is 1. The number of anilines is 2. The van der Waals surface area contributed by atoms with Crippen molar-refractivity contribution < 1.29 is 36.2 Å². The molecule has 0 saturated heterocycles. The van der Waals surface area contributed by atoms with Gasteiger partial charge in [-0.2, -0.15) is 13.2 Å². The Bertz CT molecular complexity index is 1790. The molecule has 0 bridgehead atoms. The first-order valence-electron chi connectivity index (χ1n) is 13.4. The Morgan fingerprint density at radius 2 is 1.67 bits per heavy atom. The quantitative estimate of drug-likeness (QED) is 0.279. The second-order valence-electron chi connectivity index (χ2n) is 10.2. The molecule has 0 radical (unpaired) electrons. The molecule has 18 heteroatoms. The van der Waals surface area contributed by atoms with E-state index >= 15 is 0 Å². The highest BCUT2D eigenvalue weighted by Gasteiger charge is 2.36. The van der Waals surface area contributed by atoms with Gasteiger partial charge >= 0.3 is 18.3 Å². The van der Waals surface area contributed by atoms with Gasteiger partial charge in [-0.25, -0.2) is 38.1 Å². The molecular weight excluding hydrogens is 619 g/mol. The van der Waals surface area contributed by atoms with Crippen molar-refractivity contribution in [2.75, 3.05) is 23.6 Å². The van der Waals surface area contributed by atoms with Gasteiger partial charge in [-0.15, -0.1) is 0 Å². The van der Waals surface area contributed by atoms with Gasteiger partial charge in [0.25, 0.3) is 0 Å². The number of ether oxygens (including phenoxy) is 1. The monoisotopic (exact) mass is 645 g/mol. The number of carboxylic acid groups (broad SMARTS) is 1. The van der Waals surface area contributed by atoms with Gasteiger partial charge in [0, 0.05) is 60.5 Å². The molecule has 0 unspecified atom stereocenters. The highest BCUT2D eigenvalue weighted by Crippen LogP contribution is 2.37. The summed E-state index contributed by atoms with van der Waals surface area (Å²) in [6, 6.07) is 0.562. The van der Waals surface area contributed by atoms with E-state index in [2.05, 4.69) is 40.2 Å². The van der Waals surface area contributed by atoms with Crippen molar-refractivity contribution >= 4 is 27.7 Å². The molecule has 2 N–H and O–H groups in total.